The molecule has 1 aromatic carbocycles. The predicted octanol–water partition coefficient (Wildman–Crippen LogP) is 5.52. The zero-order chi connectivity index (χ0) is 25.4. The number of nitrogens with one attached hydrogen (secondary N) is 1. The van der Waals surface area contributed by atoms with E-state index in [9.17, 15) is 14.4 Å². The molecule has 3 heterocycles. The number of aryl methyl sites for hydroxylation is 3. The second-order valence-electron chi connectivity index (χ2n) is 8.58. The van der Waals surface area contributed by atoms with Gasteiger partial charge in [0.15, 0.2) is 5.16 Å². The number of fused-ring (bicyclic) bond motifs is 3. The fraction of sp³-hybridized carbons (Fsp3) is 0.308. The smallest absolute Gasteiger partial charge is 0.341 e. The van der Waals surface area contributed by atoms with E-state index in [0.29, 0.717) is 26.8 Å². The van der Waals surface area contributed by atoms with Crippen molar-refractivity contribution in [3.05, 3.63) is 67.1 Å². The van der Waals surface area contributed by atoms with Crippen LogP contribution in [0.2, 0.25) is 0 Å². The van der Waals surface area contributed by atoms with E-state index in [0.717, 1.165) is 46.5 Å². The van der Waals surface area contributed by atoms with Crippen molar-refractivity contribution in [2.75, 3.05) is 18.2 Å². The molecule has 3 aromatic heterocycles. The molecule has 0 aliphatic heterocycles. The first kappa shape index (κ1) is 24.7. The third-order valence-corrected chi connectivity index (χ3v) is 9.58. The first-order valence-electron chi connectivity index (χ1n) is 11.6. The van der Waals surface area contributed by atoms with Crippen LogP contribution in [-0.2, 0) is 22.4 Å². The van der Waals surface area contributed by atoms with Crippen molar-refractivity contribution >= 4 is 61.5 Å². The summed E-state index contributed by atoms with van der Waals surface area (Å²) in [5, 5.41) is 4.50. The minimum atomic E-state index is -0.480. The summed E-state index contributed by atoms with van der Waals surface area (Å²) >= 11 is 4.15. The molecule has 36 heavy (non-hydrogen) atoms. The highest BCUT2D eigenvalue weighted by atomic mass is 32.2. The summed E-state index contributed by atoms with van der Waals surface area (Å²) in [5.74, 6) is -0.732. The van der Waals surface area contributed by atoms with E-state index < -0.39 is 5.97 Å². The molecule has 1 N–H and O–H groups in total. The van der Waals surface area contributed by atoms with Gasteiger partial charge in [-0.1, -0.05) is 30.0 Å². The number of thiophene rings is 2. The summed E-state index contributed by atoms with van der Waals surface area (Å²) in [6.45, 7) is 3.73. The van der Waals surface area contributed by atoms with Crippen molar-refractivity contribution in [2.24, 2.45) is 0 Å². The number of carbonyl (C=O) groups excluding carboxylic acids is 2. The van der Waals surface area contributed by atoms with Crippen molar-refractivity contribution in [3.8, 4) is 5.69 Å². The molecule has 4 aromatic rings. The summed E-state index contributed by atoms with van der Waals surface area (Å²) in [6.07, 6.45) is 4.09. The molecule has 0 atom stereocenters. The summed E-state index contributed by atoms with van der Waals surface area (Å²) < 4.78 is 6.51. The molecule has 0 fully saturated rings. The molecule has 0 saturated carbocycles. The molecule has 0 unspecified atom stereocenters. The Hall–Kier alpha value is -2.95. The molecule has 10 heteroatoms. The number of carbonyl (C=O) groups is 2. The van der Waals surface area contributed by atoms with Gasteiger partial charge in [0.1, 0.15) is 9.83 Å². The maximum atomic E-state index is 13.8. The number of ether oxygens (including phenoxy) is 1. The van der Waals surface area contributed by atoms with E-state index in [4.69, 9.17) is 9.72 Å². The van der Waals surface area contributed by atoms with Crippen LogP contribution in [0.25, 0.3) is 15.9 Å². The molecule has 0 spiro atoms. The molecule has 0 saturated heterocycles. The standard InChI is InChI=1S/C26H25N3O4S3/c1-14-15(2)35-22(20(14)25(32)33-3)27-19(30)13-34-26-28-23-21(17-11-7-8-12-18(17)36-23)24(31)29(26)16-9-5-4-6-10-16/h4-6,9-10H,7-8,11-13H2,1-3H3,(H,27,30). The van der Waals surface area contributed by atoms with E-state index in [2.05, 4.69) is 5.32 Å². The number of benzene rings is 1. The van der Waals surface area contributed by atoms with Gasteiger partial charge < -0.3 is 10.1 Å². The van der Waals surface area contributed by atoms with Crippen LogP contribution in [0, 0.1) is 13.8 Å². The van der Waals surface area contributed by atoms with Crippen LogP contribution in [0.15, 0.2) is 40.3 Å². The van der Waals surface area contributed by atoms with E-state index >= 15 is 0 Å². The quantitative estimate of drug-likeness (QED) is 0.197. The van der Waals surface area contributed by atoms with Crippen LogP contribution in [0.3, 0.4) is 0 Å². The molecule has 1 aliphatic rings. The number of hydrogen-bond acceptors (Lipinski definition) is 8. The second-order valence-corrected chi connectivity index (χ2v) is 11.8. The largest absolute Gasteiger partial charge is 0.465 e. The number of para-hydroxylation sites is 1. The Bertz CT molecular complexity index is 1540. The Labute approximate surface area is 220 Å². The van der Waals surface area contributed by atoms with E-state index in [1.165, 1.54) is 35.1 Å². The summed E-state index contributed by atoms with van der Waals surface area (Å²) in [6, 6.07) is 9.41. The summed E-state index contributed by atoms with van der Waals surface area (Å²) in [4.78, 5) is 46.8. The Kier molecular flexibility index (Phi) is 7.00. The van der Waals surface area contributed by atoms with Crippen LogP contribution in [0.1, 0.15) is 44.1 Å². The van der Waals surface area contributed by atoms with Gasteiger partial charge >= 0.3 is 5.97 Å². The van der Waals surface area contributed by atoms with Crippen LogP contribution in [0.5, 0.6) is 0 Å². The van der Waals surface area contributed by atoms with Gasteiger partial charge in [0.25, 0.3) is 5.56 Å². The monoisotopic (exact) mass is 539 g/mol. The Balaban J connectivity index is 1.48. The molecule has 186 valence electrons. The lowest BCUT2D eigenvalue weighted by Gasteiger charge is -2.13. The average molecular weight is 540 g/mol. The lowest BCUT2D eigenvalue weighted by molar-refractivity contribution is -0.113. The number of rotatable bonds is 6. The highest BCUT2D eigenvalue weighted by Gasteiger charge is 2.24. The Morgan fingerprint density at radius 2 is 1.89 bits per heavy atom. The van der Waals surface area contributed by atoms with Gasteiger partial charge in [-0.25, -0.2) is 9.78 Å². The van der Waals surface area contributed by atoms with Crippen LogP contribution < -0.4 is 10.9 Å². The molecule has 7 nitrogen and oxygen atoms in total. The van der Waals surface area contributed by atoms with E-state index in [1.807, 2.05) is 44.2 Å². The maximum absolute atomic E-state index is 13.8. The highest BCUT2D eigenvalue weighted by Crippen LogP contribution is 2.36. The number of anilines is 1. The molecular weight excluding hydrogens is 515 g/mol. The Morgan fingerprint density at radius 3 is 2.64 bits per heavy atom. The van der Waals surface area contributed by atoms with Crippen molar-refractivity contribution in [2.45, 2.75) is 44.7 Å². The van der Waals surface area contributed by atoms with Crippen molar-refractivity contribution in [1.82, 2.24) is 9.55 Å². The number of nitrogens with zero attached hydrogens (tertiary/aromatic N) is 2. The van der Waals surface area contributed by atoms with Gasteiger partial charge in [-0.2, -0.15) is 0 Å². The first-order valence-corrected chi connectivity index (χ1v) is 14.2. The van der Waals surface area contributed by atoms with Gasteiger partial charge in [0.2, 0.25) is 5.91 Å². The number of amides is 1. The van der Waals surface area contributed by atoms with Gasteiger partial charge in [-0.05, 0) is 62.8 Å². The normalized spacial score (nSPS) is 13.0. The molecule has 5 rings (SSSR count). The third kappa shape index (κ3) is 4.49. The number of thioether (sulfide) groups is 1. The first-order chi connectivity index (χ1) is 17.4. The third-order valence-electron chi connectivity index (χ3n) is 6.33. The minimum Gasteiger partial charge on any atom is -0.465 e. The van der Waals surface area contributed by atoms with E-state index in [-0.39, 0.29) is 17.2 Å². The van der Waals surface area contributed by atoms with Gasteiger partial charge in [0.05, 0.1) is 29.5 Å². The van der Waals surface area contributed by atoms with E-state index in [1.54, 1.807) is 15.9 Å². The Morgan fingerprint density at radius 1 is 1.14 bits per heavy atom. The zero-order valence-corrected chi connectivity index (χ0v) is 22.6. The number of aromatic nitrogens is 2. The lowest BCUT2D eigenvalue weighted by atomic mass is 9.97. The van der Waals surface area contributed by atoms with Crippen molar-refractivity contribution in [3.63, 3.8) is 0 Å². The predicted molar refractivity (Wildman–Crippen MR) is 146 cm³/mol. The zero-order valence-electron chi connectivity index (χ0n) is 20.2. The van der Waals surface area contributed by atoms with Crippen LogP contribution >= 0.6 is 34.4 Å². The molecule has 1 amide bonds. The fourth-order valence-electron chi connectivity index (χ4n) is 4.44. The summed E-state index contributed by atoms with van der Waals surface area (Å²) in [5.41, 5.74) is 2.93. The van der Waals surface area contributed by atoms with Crippen molar-refractivity contribution < 1.29 is 14.3 Å². The van der Waals surface area contributed by atoms with Crippen LogP contribution in [0.4, 0.5) is 5.00 Å². The number of esters is 1. The average Bonchev–Trinajstić information content (AvgIpc) is 3.39. The fourth-order valence-corrected chi connectivity index (χ4v) is 7.62. The highest BCUT2D eigenvalue weighted by molar-refractivity contribution is 7.99. The van der Waals surface area contributed by atoms with Gasteiger partial charge in [0, 0.05) is 9.75 Å². The lowest BCUT2D eigenvalue weighted by Crippen LogP contribution is -2.23. The number of hydrogen-bond donors (Lipinski definition) is 1. The van der Waals surface area contributed by atoms with Gasteiger partial charge in [-0.3, -0.25) is 14.2 Å². The second kappa shape index (κ2) is 10.2. The molecule has 0 bridgehead atoms. The van der Waals surface area contributed by atoms with Crippen LogP contribution in [-0.4, -0.2) is 34.3 Å². The molecule has 0 radical (unpaired) electrons. The molecule has 1 aliphatic carbocycles. The number of methoxy groups -OCH3 is 1. The minimum absolute atomic E-state index is 0.0342. The molecular formula is C26H25N3O4S3. The van der Waals surface area contributed by atoms with Crippen molar-refractivity contribution in [1.29, 1.82) is 0 Å². The summed E-state index contributed by atoms with van der Waals surface area (Å²) in [7, 11) is 1.32. The topological polar surface area (TPSA) is 90.3 Å². The SMILES string of the molecule is COC(=O)c1c(NC(=O)CSc2nc3sc4c(c3c(=O)n2-c2ccccc2)CCCC4)sc(C)c1C. The van der Waals surface area contributed by atoms with Gasteiger partial charge in [-0.15, -0.1) is 22.7 Å². The maximum Gasteiger partial charge on any atom is 0.341 e.